The van der Waals surface area contributed by atoms with Gasteiger partial charge in [-0.05, 0) is 6.42 Å². The van der Waals surface area contributed by atoms with Crippen LogP contribution in [0.4, 0.5) is 4.39 Å². The summed E-state index contributed by atoms with van der Waals surface area (Å²) in [4.78, 5) is 7.98. The quantitative estimate of drug-likeness (QED) is 0.639. The molecule has 0 N–H and O–H groups in total. The molecule has 62 valence electrons. The van der Waals surface area contributed by atoms with E-state index in [1.54, 1.807) is 10.6 Å². The molecule has 0 unspecified atom stereocenters. The zero-order chi connectivity index (χ0) is 8.55. The predicted octanol–water partition coefficient (Wildman–Crippen LogP) is 1.43. The smallest absolute Gasteiger partial charge is 0.234 e. The van der Waals surface area contributed by atoms with E-state index in [1.807, 2.05) is 6.92 Å². The first-order valence-electron chi connectivity index (χ1n) is 3.78. The minimum Gasteiger partial charge on any atom is -0.288 e. The molecule has 0 bridgehead atoms. The molecule has 0 aliphatic carbocycles. The van der Waals surface area contributed by atoms with E-state index in [0.29, 0.717) is 5.78 Å². The van der Waals surface area contributed by atoms with Gasteiger partial charge in [0.2, 0.25) is 5.78 Å². The van der Waals surface area contributed by atoms with Crippen LogP contribution in [0.3, 0.4) is 0 Å². The van der Waals surface area contributed by atoms with Crippen molar-refractivity contribution in [3.8, 4) is 0 Å². The Morgan fingerprint density at radius 1 is 1.50 bits per heavy atom. The molecule has 2 aromatic rings. The molecule has 2 aromatic heterocycles. The zero-order valence-corrected chi connectivity index (χ0v) is 6.66. The first-order chi connectivity index (χ1) is 5.79. The highest BCUT2D eigenvalue weighted by atomic mass is 19.1. The molecule has 2 rings (SSSR count). The second-order valence-corrected chi connectivity index (χ2v) is 2.57. The third-order valence-corrected chi connectivity index (χ3v) is 1.69. The molecule has 0 spiro atoms. The van der Waals surface area contributed by atoms with Crippen LogP contribution in [0.15, 0.2) is 18.6 Å². The molecule has 0 radical (unpaired) electrons. The topological polar surface area (TPSA) is 30.2 Å². The lowest BCUT2D eigenvalue weighted by molar-refractivity contribution is 0.612. The fraction of sp³-hybridized carbons (Fsp3) is 0.250. The summed E-state index contributed by atoms with van der Waals surface area (Å²) in [7, 11) is 0. The van der Waals surface area contributed by atoms with E-state index in [2.05, 4.69) is 9.97 Å². The molecule has 12 heavy (non-hydrogen) atoms. The number of hydrogen-bond acceptors (Lipinski definition) is 2. The van der Waals surface area contributed by atoms with Gasteiger partial charge >= 0.3 is 0 Å². The van der Waals surface area contributed by atoms with Crippen LogP contribution in [0.5, 0.6) is 0 Å². The van der Waals surface area contributed by atoms with Crippen molar-refractivity contribution in [1.82, 2.24) is 14.4 Å². The largest absolute Gasteiger partial charge is 0.288 e. The van der Waals surface area contributed by atoms with Gasteiger partial charge in [0, 0.05) is 12.4 Å². The third-order valence-electron chi connectivity index (χ3n) is 1.69. The van der Waals surface area contributed by atoms with E-state index in [4.69, 9.17) is 0 Å². The Balaban J connectivity index is 2.67. The molecule has 0 aliphatic heterocycles. The fourth-order valence-corrected chi connectivity index (χ4v) is 1.08. The summed E-state index contributed by atoms with van der Waals surface area (Å²) in [6, 6.07) is 0. The zero-order valence-electron chi connectivity index (χ0n) is 6.66. The van der Waals surface area contributed by atoms with Crippen molar-refractivity contribution in [2.75, 3.05) is 0 Å². The van der Waals surface area contributed by atoms with Crippen molar-refractivity contribution in [2.24, 2.45) is 0 Å². The molecule has 2 heterocycles. The summed E-state index contributed by atoms with van der Waals surface area (Å²) >= 11 is 0. The van der Waals surface area contributed by atoms with E-state index in [9.17, 15) is 4.39 Å². The van der Waals surface area contributed by atoms with Gasteiger partial charge in [0.05, 0.1) is 11.9 Å². The van der Waals surface area contributed by atoms with E-state index >= 15 is 0 Å². The predicted molar refractivity (Wildman–Crippen MR) is 42.3 cm³/mol. The van der Waals surface area contributed by atoms with Crippen molar-refractivity contribution in [1.29, 1.82) is 0 Å². The Kier molecular flexibility index (Phi) is 1.53. The van der Waals surface area contributed by atoms with Crippen LogP contribution >= 0.6 is 0 Å². The van der Waals surface area contributed by atoms with Crippen LogP contribution in [0.2, 0.25) is 0 Å². The Bertz CT molecular complexity index is 408. The summed E-state index contributed by atoms with van der Waals surface area (Å²) < 4.78 is 14.2. The summed E-state index contributed by atoms with van der Waals surface area (Å²) in [5.74, 6) is 0.204. The van der Waals surface area contributed by atoms with Crippen molar-refractivity contribution in [3.05, 3.63) is 30.1 Å². The first kappa shape index (κ1) is 7.21. The maximum absolute atomic E-state index is 12.6. The van der Waals surface area contributed by atoms with Gasteiger partial charge in [0.25, 0.3) is 0 Å². The molecular formula is C8H8FN3. The van der Waals surface area contributed by atoms with Crippen molar-refractivity contribution < 1.29 is 4.39 Å². The number of aromatic nitrogens is 3. The normalized spacial score (nSPS) is 10.8. The maximum atomic E-state index is 12.6. The van der Waals surface area contributed by atoms with Crippen molar-refractivity contribution >= 4 is 5.78 Å². The lowest BCUT2D eigenvalue weighted by Crippen LogP contribution is -1.88. The second-order valence-electron chi connectivity index (χ2n) is 2.57. The number of fused-ring (bicyclic) bond motifs is 1. The number of hydrogen-bond donors (Lipinski definition) is 0. The van der Waals surface area contributed by atoms with Gasteiger partial charge in [-0.3, -0.25) is 4.40 Å². The summed E-state index contributed by atoms with van der Waals surface area (Å²) in [6.45, 7) is 2.00. The molecular weight excluding hydrogens is 157 g/mol. The Morgan fingerprint density at radius 3 is 3.08 bits per heavy atom. The Labute approximate surface area is 68.9 Å². The summed E-state index contributed by atoms with van der Waals surface area (Å²) in [5.41, 5.74) is 0.924. The molecule has 3 nitrogen and oxygen atoms in total. The average molecular weight is 165 g/mol. The van der Waals surface area contributed by atoms with Crippen LogP contribution in [0.25, 0.3) is 5.78 Å². The minimum absolute atomic E-state index is 0.345. The van der Waals surface area contributed by atoms with Gasteiger partial charge in [0.1, 0.15) is 0 Å². The van der Waals surface area contributed by atoms with Crippen LogP contribution in [0, 0.1) is 5.82 Å². The van der Waals surface area contributed by atoms with Crippen LogP contribution in [-0.4, -0.2) is 14.4 Å². The third kappa shape index (κ3) is 1.05. The Morgan fingerprint density at radius 2 is 2.33 bits per heavy atom. The molecule has 4 heteroatoms. The lowest BCUT2D eigenvalue weighted by Gasteiger charge is -1.89. The molecule has 0 amide bonds. The number of rotatable bonds is 1. The summed E-state index contributed by atoms with van der Waals surface area (Å²) in [5, 5.41) is 0. The molecule has 0 aliphatic rings. The van der Waals surface area contributed by atoms with Gasteiger partial charge in [-0.15, -0.1) is 0 Å². The standard InChI is InChI=1S/C8H8FN3/c1-2-7-5-12-4-6(9)3-10-8(12)11-7/h3-5H,2H2,1H3. The van der Waals surface area contributed by atoms with Crippen LogP contribution < -0.4 is 0 Å². The van der Waals surface area contributed by atoms with Crippen LogP contribution in [-0.2, 0) is 6.42 Å². The van der Waals surface area contributed by atoms with Gasteiger partial charge in [0.15, 0.2) is 5.82 Å². The Hall–Kier alpha value is -1.45. The van der Waals surface area contributed by atoms with E-state index in [1.165, 1.54) is 12.4 Å². The first-order valence-corrected chi connectivity index (χ1v) is 3.78. The molecule has 0 saturated carbocycles. The molecule has 0 fully saturated rings. The summed E-state index contributed by atoms with van der Waals surface area (Å²) in [6.07, 6.45) is 5.16. The van der Waals surface area contributed by atoms with E-state index in [-0.39, 0.29) is 5.82 Å². The average Bonchev–Trinajstić information content (AvgIpc) is 2.46. The minimum atomic E-state index is -0.345. The van der Waals surface area contributed by atoms with Gasteiger partial charge in [-0.1, -0.05) is 6.92 Å². The number of imidazole rings is 1. The second kappa shape index (κ2) is 2.55. The highest BCUT2D eigenvalue weighted by Gasteiger charge is 2.00. The van der Waals surface area contributed by atoms with E-state index in [0.717, 1.165) is 12.1 Å². The SMILES string of the molecule is CCc1cn2cc(F)cnc2n1. The highest BCUT2D eigenvalue weighted by molar-refractivity contribution is 5.29. The van der Waals surface area contributed by atoms with Crippen molar-refractivity contribution in [2.45, 2.75) is 13.3 Å². The van der Waals surface area contributed by atoms with E-state index < -0.39 is 0 Å². The molecule has 0 atom stereocenters. The number of halogens is 1. The number of nitrogens with zero attached hydrogens (tertiary/aromatic N) is 3. The lowest BCUT2D eigenvalue weighted by atomic mass is 10.4. The van der Waals surface area contributed by atoms with Gasteiger partial charge < -0.3 is 0 Å². The molecule has 0 aromatic carbocycles. The van der Waals surface area contributed by atoms with Gasteiger partial charge in [-0.2, -0.15) is 0 Å². The monoisotopic (exact) mass is 165 g/mol. The maximum Gasteiger partial charge on any atom is 0.234 e. The highest BCUT2D eigenvalue weighted by Crippen LogP contribution is 2.03. The number of aryl methyl sites for hydroxylation is 1. The fourth-order valence-electron chi connectivity index (χ4n) is 1.08. The van der Waals surface area contributed by atoms with Crippen LogP contribution in [0.1, 0.15) is 12.6 Å². The van der Waals surface area contributed by atoms with Gasteiger partial charge in [-0.25, -0.2) is 14.4 Å². The van der Waals surface area contributed by atoms with Crippen molar-refractivity contribution in [3.63, 3.8) is 0 Å². The molecule has 0 saturated heterocycles.